The van der Waals surface area contributed by atoms with Crippen molar-refractivity contribution in [2.75, 3.05) is 7.11 Å². The second kappa shape index (κ2) is 5.11. The van der Waals surface area contributed by atoms with Gasteiger partial charge in [-0.3, -0.25) is 0 Å². The number of benzene rings is 1. The fraction of sp³-hybridized carbons (Fsp3) is 0.0909. The molecule has 0 radical (unpaired) electrons. The number of rotatable bonds is 3. The van der Waals surface area contributed by atoms with E-state index in [0.29, 0.717) is 11.4 Å². The number of nitrogens with zero attached hydrogens (tertiary/aromatic N) is 2. The van der Waals surface area contributed by atoms with Gasteiger partial charge in [0.25, 0.3) is 0 Å². The van der Waals surface area contributed by atoms with Gasteiger partial charge in [-0.15, -0.1) is 0 Å². The third-order valence-electron chi connectivity index (χ3n) is 2.28. The van der Waals surface area contributed by atoms with E-state index in [1.165, 1.54) is 10.7 Å². The number of carboxylic acids is 1. The number of methoxy groups -OCH3 is 1. The predicted octanol–water partition coefficient (Wildman–Crippen LogP) is 3.10. The maximum absolute atomic E-state index is 10.8. The molecule has 5 nitrogen and oxygen atoms in total. The SMILES string of the molecule is COc1cc(-n2ccc(C(=O)O)n2)c(Br)cc1Br. The Bertz CT molecular complexity index is 610. The Kier molecular flexibility index (Phi) is 3.72. The lowest BCUT2D eigenvalue weighted by Gasteiger charge is -2.09. The van der Waals surface area contributed by atoms with Crippen LogP contribution in [0.15, 0.2) is 33.3 Å². The number of hydrogen-bond donors (Lipinski definition) is 1. The van der Waals surface area contributed by atoms with Gasteiger partial charge in [-0.1, -0.05) is 0 Å². The normalized spacial score (nSPS) is 10.4. The van der Waals surface area contributed by atoms with E-state index in [1.54, 1.807) is 19.4 Å². The van der Waals surface area contributed by atoms with Crippen molar-refractivity contribution in [1.82, 2.24) is 9.78 Å². The molecule has 1 heterocycles. The van der Waals surface area contributed by atoms with Crippen molar-refractivity contribution in [1.29, 1.82) is 0 Å². The Morgan fingerprint density at radius 1 is 1.39 bits per heavy atom. The van der Waals surface area contributed by atoms with E-state index in [0.717, 1.165) is 8.95 Å². The largest absolute Gasteiger partial charge is 0.495 e. The van der Waals surface area contributed by atoms with Crippen LogP contribution in [-0.2, 0) is 0 Å². The lowest BCUT2D eigenvalue weighted by Crippen LogP contribution is -2.02. The second-order valence-electron chi connectivity index (χ2n) is 3.39. The van der Waals surface area contributed by atoms with E-state index < -0.39 is 5.97 Å². The molecule has 0 aliphatic heterocycles. The van der Waals surface area contributed by atoms with Gasteiger partial charge in [0.15, 0.2) is 5.69 Å². The van der Waals surface area contributed by atoms with Gasteiger partial charge >= 0.3 is 5.97 Å². The third-order valence-corrected chi connectivity index (χ3v) is 3.53. The third kappa shape index (κ3) is 2.41. The Hall–Kier alpha value is -1.34. The first-order valence-corrected chi connectivity index (χ1v) is 6.44. The van der Waals surface area contributed by atoms with Gasteiger partial charge in [0.05, 0.1) is 17.3 Å². The average Bonchev–Trinajstić information content (AvgIpc) is 2.78. The van der Waals surface area contributed by atoms with Crippen molar-refractivity contribution in [2.24, 2.45) is 0 Å². The fourth-order valence-electron chi connectivity index (χ4n) is 1.42. The zero-order valence-corrected chi connectivity index (χ0v) is 12.4. The molecule has 2 aromatic rings. The van der Waals surface area contributed by atoms with Gasteiger partial charge in [-0.05, 0) is 44.0 Å². The summed E-state index contributed by atoms with van der Waals surface area (Å²) >= 11 is 6.76. The fourth-order valence-corrected chi connectivity index (χ4v) is 2.76. The average molecular weight is 376 g/mol. The van der Waals surface area contributed by atoms with Crippen molar-refractivity contribution < 1.29 is 14.6 Å². The predicted molar refractivity (Wildman–Crippen MR) is 72.5 cm³/mol. The Morgan fingerprint density at radius 2 is 2.11 bits per heavy atom. The van der Waals surface area contributed by atoms with E-state index in [-0.39, 0.29) is 5.69 Å². The number of hydrogen-bond acceptors (Lipinski definition) is 3. The maximum Gasteiger partial charge on any atom is 0.356 e. The molecule has 2 rings (SSSR count). The molecule has 0 spiro atoms. The van der Waals surface area contributed by atoms with Crippen molar-refractivity contribution in [3.63, 3.8) is 0 Å². The molecule has 0 saturated carbocycles. The van der Waals surface area contributed by atoms with Gasteiger partial charge in [0, 0.05) is 16.7 Å². The molecule has 0 atom stereocenters. The molecule has 0 aliphatic carbocycles. The van der Waals surface area contributed by atoms with Gasteiger partial charge in [-0.25, -0.2) is 9.48 Å². The Balaban J connectivity index is 2.52. The molecule has 1 aromatic heterocycles. The van der Waals surface area contributed by atoms with Gasteiger partial charge in [0.1, 0.15) is 5.75 Å². The molecule has 94 valence electrons. The van der Waals surface area contributed by atoms with Crippen LogP contribution in [0.1, 0.15) is 10.5 Å². The number of aromatic nitrogens is 2. The molecule has 7 heteroatoms. The molecule has 18 heavy (non-hydrogen) atoms. The van der Waals surface area contributed by atoms with Crippen LogP contribution in [0.5, 0.6) is 5.75 Å². The van der Waals surface area contributed by atoms with E-state index in [4.69, 9.17) is 9.84 Å². The summed E-state index contributed by atoms with van der Waals surface area (Å²) in [5, 5.41) is 12.8. The first kappa shape index (κ1) is 13.1. The summed E-state index contributed by atoms with van der Waals surface area (Å²) in [5.41, 5.74) is 0.686. The zero-order chi connectivity index (χ0) is 13.3. The lowest BCUT2D eigenvalue weighted by atomic mass is 10.3. The molecule has 0 amide bonds. The number of ether oxygens (including phenoxy) is 1. The van der Waals surface area contributed by atoms with Crippen LogP contribution in [0.3, 0.4) is 0 Å². The monoisotopic (exact) mass is 374 g/mol. The molecule has 0 fully saturated rings. The van der Waals surface area contributed by atoms with E-state index in [9.17, 15) is 4.79 Å². The first-order chi connectivity index (χ1) is 8.52. The molecule has 0 saturated heterocycles. The van der Waals surface area contributed by atoms with Crippen molar-refractivity contribution in [2.45, 2.75) is 0 Å². The van der Waals surface area contributed by atoms with Gasteiger partial charge in [-0.2, -0.15) is 5.10 Å². The first-order valence-electron chi connectivity index (χ1n) is 4.85. The summed E-state index contributed by atoms with van der Waals surface area (Å²) in [7, 11) is 1.56. The molecule has 0 bridgehead atoms. The highest BCUT2D eigenvalue weighted by atomic mass is 79.9. The highest BCUT2D eigenvalue weighted by Crippen LogP contribution is 2.33. The number of carboxylic acid groups (broad SMARTS) is 1. The van der Waals surface area contributed by atoms with Crippen LogP contribution in [0, 0.1) is 0 Å². The highest BCUT2D eigenvalue weighted by molar-refractivity contribution is 9.11. The van der Waals surface area contributed by atoms with E-state index in [2.05, 4.69) is 37.0 Å². The van der Waals surface area contributed by atoms with Crippen LogP contribution >= 0.6 is 31.9 Å². The van der Waals surface area contributed by atoms with Crippen LogP contribution < -0.4 is 4.74 Å². The minimum Gasteiger partial charge on any atom is -0.495 e. The molecule has 0 aliphatic rings. The molecular weight excluding hydrogens is 368 g/mol. The Morgan fingerprint density at radius 3 is 2.67 bits per heavy atom. The van der Waals surface area contributed by atoms with Gasteiger partial charge < -0.3 is 9.84 Å². The summed E-state index contributed by atoms with van der Waals surface area (Å²) in [6, 6.07) is 5.01. The zero-order valence-electron chi connectivity index (χ0n) is 9.22. The second-order valence-corrected chi connectivity index (χ2v) is 5.10. The van der Waals surface area contributed by atoms with Crippen molar-refractivity contribution in [3.8, 4) is 11.4 Å². The van der Waals surface area contributed by atoms with Crippen molar-refractivity contribution in [3.05, 3.63) is 39.0 Å². The quantitative estimate of drug-likeness (QED) is 0.895. The molecule has 1 aromatic carbocycles. The molecular formula is C11H8Br2N2O3. The number of aromatic carboxylic acids is 1. The smallest absolute Gasteiger partial charge is 0.356 e. The van der Waals surface area contributed by atoms with Crippen LogP contribution in [0.25, 0.3) is 5.69 Å². The lowest BCUT2D eigenvalue weighted by molar-refractivity contribution is 0.0690. The topological polar surface area (TPSA) is 64.3 Å². The maximum atomic E-state index is 10.8. The van der Waals surface area contributed by atoms with Crippen LogP contribution in [-0.4, -0.2) is 28.0 Å². The summed E-state index contributed by atoms with van der Waals surface area (Å²) in [6.07, 6.45) is 1.58. The molecule has 0 unspecified atom stereocenters. The number of carbonyl (C=O) groups is 1. The van der Waals surface area contributed by atoms with E-state index in [1.807, 2.05) is 6.07 Å². The Labute approximate surface area is 120 Å². The standard InChI is InChI=1S/C11H8Br2N2O3/c1-18-10-5-9(6(12)4-7(10)13)15-3-2-8(14-15)11(16)17/h2-5H,1H3,(H,16,17). The summed E-state index contributed by atoms with van der Waals surface area (Å²) < 4.78 is 8.24. The van der Waals surface area contributed by atoms with Crippen LogP contribution in [0.2, 0.25) is 0 Å². The summed E-state index contributed by atoms with van der Waals surface area (Å²) in [4.78, 5) is 10.8. The highest BCUT2D eigenvalue weighted by Gasteiger charge is 2.12. The molecule has 1 N–H and O–H groups in total. The summed E-state index contributed by atoms with van der Waals surface area (Å²) in [6.45, 7) is 0. The van der Waals surface area contributed by atoms with E-state index >= 15 is 0 Å². The minimum atomic E-state index is -1.06. The summed E-state index contributed by atoms with van der Waals surface area (Å²) in [5.74, 6) is -0.422. The minimum absolute atomic E-state index is 0.0104. The van der Waals surface area contributed by atoms with Gasteiger partial charge in [0.2, 0.25) is 0 Å². The van der Waals surface area contributed by atoms with Crippen LogP contribution in [0.4, 0.5) is 0 Å². The number of halogens is 2. The van der Waals surface area contributed by atoms with Crippen molar-refractivity contribution >= 4 is 37.8 Å².